The van der Waals surface area contributed by atoms with Crippen LogP contribution >= 0.6 is 0 Å². The average Bonchev–Trinajstić information content (AvgIpc) is 2.43. The average molecular weight is 1100 g/mol. The van der Waals surface area contributed by atoms with E-state index in [0.717, 1.165) is 10.8 Å². The van der Waals surface area contributed by atoms with Gasteiger partial charge in [0.05, 0.1) is 79.5 Å². The molecule has 4 aliphatic rings. The predicted molar refractivity (Wildman–Crippen MR) is 307 cm³/mol. The molecule has 12 rings (SSSR count). The van der Waals surface area contributed by atoms with E-state index in [4.69, 9.17) is 19.4 Å². The van der Waals surface area contributed by atoms with Crippen molar-refractivity contribution in [3.63, 3.8) is 0 Å². The van der Waals surface area contributed by atoms with Crippen molar-refractivity contribution in [3.05, 3.63) is 144 Å². The first-order valence-corrected chi connectivity index (χ1v) is 26.6. The minimum Gasteiger partial charge on any atom is -0.448 e. The number of hydrogen-bond acceptors (Lipinski definition) is 15. The van der Waals surface area contributed by atoms with Crippen LogP contribution in [0.2, 0.25) is 0 Å². The number of anilines is 4. The fourth-order valence-electron chi connectivity index (χ4n) is 12.1. The predicted octanol–water partition coefficient (Wildman–Crippen LogP) is 9.17. The lowest BCUT2D eigenvalue weighted by Gasteiger charge is -2.35. The second kappa shape index (κ2) is 19.1. The fourth-order valence-corrected chi connectivity index (χ4v) is 12.1. The Bertz CT molecular complexity index is 3940. The zero-order valence-corrected chi connectivity index (χ0v) is 45.4. The summed E-state index contributed by atoms with van der Waals surface area (Å²) < 4.78 is 11.6. The maximum atomic E-state index is 13.9. The van der Waals surface area contributed by atoms with Crippen LogP contribution in [0.15, 0.2) is 132 Å². The van der Waals surface area contributed by atoms with E-state index >= 15 is 0 Å². The first kappa shape index (κ1) is 52.6. The standard InChI is InChI=1S/C61H54N12O9/c1-56(2)58(5)27-29-60(56,81-53(58)78)51(76)68-39-15-7-11-33-19-23-37(64-45(33)39)31-62-72-49(74)43-25-21-35-13-9-17-41(47(35)66-43)70-55(80)71-42-18-10-14-36-22-26-44(67-48(36)42)50(75)73-63-32-38-24-20-34-12-8-16-40(46(34)65-38)69-52(77)61-30-28-59(6,54(79)82-61)57(61,3)4/h7-26,31-32H,27-30H2,1-6H3,(H,68,76)(H,69,77)(H,72,74)(H,73,75)(H2,70,71,80)/b62-31+,63-32+/t58-,59-,60+,61+/m1/s1. The number of pyridine rings is 4. The van der Waals surface area contributed by atoms with E-state index in [1.54, 1.807) is 84.9 Å². The van der Waals surface area contributed by atoms with Gasteiger partial charge in [0.1, 0.15) is 11.4 Å². The normalized spacial score (nSPS) is 22.9. The molecule has 82 heavy (non-hydrogen) atoms. The van der Waals surface area contributed by atoms with E-state index < -0.39 is 62.5 Å². The van der Waals surface area contributed by atoms with Gasteiger partial charge < -0.3 is 30.7 Å². The Morgan fingerprint density at radius 1 is 0.439 bits per heavy atom. The Labute approximate surface area is 468 Å². The van der Waals surface area contributed by atoms with Crippen LogP contribution in [0.3, 0.4) is 0 Å². The highest BCUT2D eigenvalue weighted by Crippen LogP contribution is 2.67. The highest BCUT2D eigenvalue weighted by Gasteiger charge is 2.77. The van der Waals surface area contributed by atoms with Crippen LogP contribution in [0.25, 0.3) is 43.6 Å². The van der Waals surface area contributed by atoms with Gasteiger partial charge in [0.2, 0.25) is 0 Å². The van der Waals surface area contributed by atoms with Crippen LogP contribution in [0.5, 0.6) is 0 Å². The molecule has 4 aromatic heterocycles. The number of nitrogens with one attached hydrogen (secondary N) is 6. The maximum Gasteiger partial charge on any atom is 0.323 e. The number of aromatic nitrogens is 4. The minimum atomic E-state index is -1.32. The van der Waals surface area contributed by atoms with Crippen LogP contribution < -0.4 is 32.1 Å². The first-order chi connectivity index (χ1) is 39.2. The Hall–Kier alpha value is -10.0. The van der Waals surface area contributed by atoms with Crippen molar-refractivity contribution < 1.29 is 43.0 Å². The Kier molecular flexibility index (Phi) is 12.2. The second-order valence-corrected chi connectivity index (χ2v) is 22.6. The molecule has 4 bridgehead atoms. The number of hydrogen-bond donors (Lipinski definition) is 6. The number of carbonyl (C=O) groups is 7. The van der Waals surface area contributed by atoms with Crippen molar-refractivity contribution in [1.29, 1.82) is 0 Å². The van der Waals surface area contributed by atoms with Crippen LogP contribution in [0.1, 0.15) is 99.6 Å². The summed E-state index contributed by atoms with van der Waals surface area (Å²) in [7, 11) is 0. The lowest BCUT2D eigenvalue weighted by molar-refractivity contribution is -0.166. The summed E-state index contributed by atoms with van der Waals surface area (Å²) in [6, 6.07) is 33.8. The van der Waals surface area contributed by atoms with Gasteiger partial charge in [0.25, 0.3) is 23.6 Å². The zero-order valence-electron chi connectivity index (χ0n) is 45.4. The molecule has 6 amide bonds. The number of benzene rings is 4. The molecule has 4 aromatic carbocycles. The summed E-state index contributed by atoms with van der Waals surface area (Å²) in [5, 5.41) is 22.6. The van der Waals surface area contributed by atoms with E-state index in [1.807, 2.05) is 65.8 Å². The van der Waals surface area contributed by atoms with Gasteiger partial charge in [-0.1, -0.05) is 100 Å². The number of rotatable bonds is 12. The summed E-state index contributed by atoms with van der Waals surface area (Å²) in [4.78, 5) is 113. The van der Waals surface area contributed by atoms with Crippen LogP contribution in [-0.4, -0.2) is 85.2 Å². The van der Waals surface area contributed by atoms with E-state index in [1.165, 1.54) is 24.6 Å². The zero-order chi connectivity index (χ0) is 57.6. The molecule has 4 fully saturated rings. The minimum absolute atomic E-state index is 0.00546. The summed E-state index contributed by atoms with van der Waals surface area (Å²) in [6.07, 6.45) is 4.62. The van der Waals surface area contributed by atoms with Crippen molar-refractivity contribution in [2.75, 3.05) is 21.3 Å². The van der Waals surface area contributed by atoms with Crippen molar-refractivity contribution in [1.82, 2.24) is 30.8 Å². The number of amides is 6. The number of fused-ring (bicyclic) bond motifs is 8. The number of hydrazone groups is 2. The van der Waals surface area contributed by atoms with Gasteiger partial charge in [-0.15, -0.1) is 0 Å². The maximum absolute atomic E-state index is 13.9. The molecule has 21 nitrogen and oxygen atoms in total. The number of nitrogens with zero attached hydrogens (tertiary/aromatic N) is 6. The SMILES string of the molecule is CC1(C)[C@@]2(C(=O)Nc3cccc4ccc(/C=N/NC(=O)c5ccc6cccc(NC(=O)Nc7cccc8ccc(C(=O)N/N=C/c9ccc%10cccc(NC(=O)[C@]%11%12CC[C@](C)(C(=O)O%11)C%12(C)C)c%10n9)nc78)c6n5)nc34)CC[C@]1(C)C(=O)O2. The van der Waals surface area contributed by atoms with Crippen LogP contribution in [0.4, 0.5) is 27.5 Å². The molecule has 2 aliphatic carbocycles. The highest BCUT2D eigenvalue weighted by atomic mass is 16.6. The van der Waals surface area contributed by atoms with Crippen molar-refractivity contribution in [2.24, 2.45) is 31.9 Å². The van der Waals surface area contributed by atoms with Gasteiger partial charge in [0.15, 0.2) is 11.2 Å². The van der Waals surface area contributed by atoms with Gasteiger partial charge in [-0.3, -0.25) is 28.8 Å². The first-order valence-electron chi connectivity index (χ1n) is 26.6. The molecular formula is C61H54N12O9. The number of carbonyl (C=O) groups excluding carboxylic acids is 7. The quantitative estimate of drug-likeness (QED) is 0.0378. The smallest absolute Gasteiger partial charge is 0.323 e. The molecular weight excluding hydrogens is 1040 g/mol. The van der Waals surface area contributed by atoms with Gasteiger partial charge in [-0.25, -0.2) is 35.6 Å². The highest BCUT2D eigenvalue weighted by molar-refractivity contribution is 6.11. The summed E-state index contributed by atoms with van der Waals surface area (Å²) in [5.41, 5.74) is 3.11. The second-order valence-electron chi connectivity index (χ2n) is 22.6. The monoisotopic (exact) mass is 1100 g/mol. The Morgan fingerprint density at radius 3 is 1.12 bits per heavy atom. The molecule has 21 heteroatoms. The van der Waals surface area contributed by atoms with E-state index in [-0.39, 0.29) is 23.3 Å². The van der Waals surface area contributed by atoms with Gasteiger partial charge >= 0.3 is 18.0 Å². The van der Waals surface area contributed by atoms with Crippen molar-refractivity contribution >= 4 is 120 Å². The van der Waals surface area contributed by atoms with Crippen molar-refractivity contribution in [3.8, 4) is 0 Å². The number of ether oxygens (including phenoxy) is 2. The Balaban J connectivity index is 0.693. The van der Waals surface area contributed by atoms with E-state index in [0.29, 0.717) is 92.7 Å². The molecule has 2 aliphatic heterocycles. The molecule has 6 heterocycles. The molecule has 8 aromatic rings. The molecule has 412 valence electrons. The van der Waals surface area contributed by atoms with Crippen molar-refractivity contribution in [2.45, 2.75) is 78.4 Å². The third-order valence-corrected chi connectivity index (χ3v) is 18.0. The van der Waals surface area contributed by atoms with E-state index in [9.17, 15) is 33.6 Å². The lowest BCUT2D eigenvalue weighted by atomic mass is 9.66. The van der Waals surface area contributed by atoms with Gasteiger partial charge in [-0.05, 0) is 88.1 Å². The summed E-state index contributed by atoms with van der Waals surface area (Å²) >= 11 is 0. The van der Waals surface area contributed by atoms with Crippen LogP contribution in [0, 0.1) is 21.7 Å². The summed E-state index contributed by atoms with van der Waals surface area (Å²) in [5.74, 6) is -2.87. The van der Waals surface area contributed by atoms with Gasteiger partial charge in [0, 0.05) is 32.4 Å². The largest absolute Gasteiger partial charge is 0.448 e. The van der Waals surface area contributed by atoms with Gasteiger partial charge in [-0.2, -0.15) is 10.2 Å². The number of para-hydroxylation sites is 4. The molecule has 0 spiro atoms. The Morgan fingerprint density at radius 2 is 0.780 bits per heavy atom. The molecule has 2 saturated heterocycles. The van der Waals surface area contributed by atoms with E-state index in [2.05, 4.69) is 52.3 Å². The third kappa shape index (κ3) is 8.15. The molecule has 4 atom stereocenters. The fraction of sp³-hybridized carbons (Fsp3) is 0.262. The lowest BCUT2D eigenvalue weighted by Crippen LogP contribution is -2.50. The van der Waals surface area contributed by atoms with Crippen LogP contribution in [-0.2, 0) is 28.7 Å². The molecule has 0 unspecified atom stereocenters. The molecule has 2 saturated carbocycles. The molecule has 0 radical (unpaired) electrons. The summed E-state index contributed by atoms with van der Waals surface area (Å²) in [6.45, 7) is 11.3. The number of esters is 2. The topological polar surface area (TPSA) is 286 Å². The molecule has 6 N–H and O–H groups in total. The third-order valence-electron chi connectivity index (χ3n) is 18.0. The number of urea groups is 1.